The third kappa shape index (κ3) is 3.32. The Labute approximate surface area is 105 Å². The first kappa shape index (κ1) is 14.2. The van der Waals surface area contributed by atoms with Crippen molar-refractivity contribution >= 4 is 5.91 Å². The molecule has 0 spiro atoms. The van der Waals surface area contributed by atoms with E-state index in [2.05, 4.69) is 4.98 Å². The van der Waals surface area contributed by atoms with Crippen molar-refractivity contribution in [1.29, 1.82) is 0 Å². The summed E-state index contributed by atoms with van der Waals surface area (Å²) in [5.74, 6) is 0.177. The van der Waals surface area contributed by atoms with E-state index >= 15 is 0 Å². The van der Waals surface area contributed by atoms with Gasteiger partial charge in [-0.1, -0.05) is 13.8 Å². The molecule has 0 saturated carbocycles. The molecule has 18 heavy (non-hydrogen) atoms. The topological polar surface area (TPSA) is 75.2 Å². The zero-order valence-corrected chi connectivity index (χ0v) is 11.1. The molecule has 6 heteroatoms. The van der Waals surface area contributed by atoms with Gasteiger partial charge in [0.2, 0.25) is 5.91 Å². The third-order valence-electron chi connectivity index (χ3n) is 3.17. The van der Waals surface area contributed by atoms with Crippen molar-refractivity contribution in [1.82, 2.24) is 14.5 Å². The molecule has 0 aliphatic heterocycles. The van der Waals surface area contributed by atoms with E-state index in [-0.39, 0.29) is 18.5 Å². The third-order valence-corrected chi connectivity index (χ3v) is 3.17. The highest BCUT2D eigenvalue weighted by Crippen LogP contribution is 2.08. The Morgan fingerprint density at radius 2 is 2.00 bits per heavy atom. The molecule has 0 saturated heterocycles. The van der Waals surface area contributed by atoms with Crippen LogP contribution in [0.25, 0.3) is 0 Å². The van der Waals surface area contributed by atoms with Gasteiger partial charge < -0.3 is 4.90 Å². The highest BCUT2D eigenvalue weighted by molar-refractivity contribution is 5.76. The van der Waals surface area contributed by atoms with Crippen molar-refractivity contribution in [2.45, 2.75) is 33.4 Å². The first-order chi connectivity index (χ1) is 8.32. The lowest BCUT2D eigenvalue weighted by molar-refractivity contribution is -0.133. The Hall–Kier alpha value is -1.85. The summed E-state index contributed by atoms with van der Waals surface area (Å²) < 4.78 is 1.19. The largest absolute Gasteiger partial charge is 0.341 e. The fourth-order valence-electron chi connectivity index (χ4n) is 1.50. The van der Waals surface area contributed by atoms with E-state index in [4.69, 9.17) is 0 Å². The van der Waals surface area contributed by atoms with Crippen molar-refractivity contribution in [2.75, 3.05) is 7.05 Å². The SMILES string of the molecule is CC(C)[C@@H](C)N(C)C(=O)Cn1ccc(=O)[nH]c1=O. The summed E-state index contributed by atoms with van der Waals surface area (Å²) in [5.41, 5.74) is -1.03. The number of carbonyl (C=O) groups excluding carboxylic acids is 1. The van der Waals surface area contributed by atoms with Crippen LogP contribution in [-0.2, 0) is 11.3 Å². The minimum Gasteiger partial charge on any atom is -0.341 e. The highest BCUT2D eigenvalue weighted by atomic mass is 16.2. The van der Waals surface area contributed by atoms with E-state index in [1.165, 1.54) is 16.8 Å². The summed E-state index contributed by atoms with van der Waals surface area (Å²) in [6.45, 7) is 5.95. The van der Waals surface area contributed by atoms with Gasteiger partial charge in [0, 0.05) is 25.4 Å². The molecule has 100 valence electrons. The predicted molar refractivity (Wildman–Crippen MR) is 68.4 cm³/mol. The van der Waals surface area contributed by atoms with E-state index in [0.29, 0.717) is 5.92 Å². The standard InChI is InChI=1S/C12H19N3O3/c1-8(2)9(3)14(4)11(17)7-15-6-5-10(16)13-12(15)18/h5-6,8-9H,7H2,1-4H3,(H,13,16,18)/t9-/m1/s1. The molecule has 0 aromatic carbocycles. The summed E-state index contributed by atoms with van der Waals surface area (Å²) in [5, 5.41) is 0. The lowest BCUT2D eigenvalue weighted by atomic mass is 10.1. The predicted octanol–water partition coefficient (Wildman–Crippen LogP) is 0.0395. The van der Waals surface area contributed by atoms with Crippen LogP contribution in [0.1, 0.15) is 20.8 Å². The van der Waals surface area contributed by atoms with Gasteiger partial charge in [-0.25, -0.2) is 4.79 Å². The van der Waals surface area contributed by atoms with Crippen molar-refractivity contribution in [2.24, 2.45) is 5.92 Å². The van der Waals surface area contributed by atoms with Gasteiger partial charge in [0.25, 0.3) is 5.56 Å². The Balaban J connectivity index is 2.82. The van der Waals surface area contributed by atoms with Gasteiger partial charge in [-0.2, -0.15) is 0 Å². The summed E-state index contributed by atoms with van der Waals surface area (Å²) in [6.07, 6.45) is 1.33. The van der Waals surface area contributed by atoms with E-state index < -0.39 is 11.2 Å². The Morgan fingerprint density at radius 3 is 2.50 bits per heavy atom. The summed E-state index contributed by atoms with van der Waals surface area (Å²) >= 11 is 0. The molecule has 0 radical (unpaired) electrons. The van der Waals surface area contributed by atoms with Crippen molar-refractivity contribution in [3.05, 3.63) is 33.1 Å². The first-order valence-corrected chi connectivity index (χ1v) is 5.88. The van der Waals surface area contributed by atoms with Gasteiger partial charge in [-0.05, 0) is 12.8 Å². The number of aromatic amines is 1. The van der Waals surface area contributed by atoms with Crippen LogP contribution < -0.4 is 11.2 Å². The fraction of sp³-hybridized carbons (Fsp3) is 0.583. The van der Waals surface area contributed by atoms with Crippen LogP contribution in [0.3, 0.4) is 0 Å². The molecule has 1 N–H and O–H groups in total. The van der Waals surface area contributed by atoms with E-state index in [1.807, 2.05) is 20.8 Å². The molecule has 0 aliphatic rings. The van der Waals surface area contributed by atoms with E-state index in [1.54, 1.807) is 11.9 Å². The zero-order chi connectivity index (χ0) is 13.9. The number of hydrogen-bond donors (Lipinski definition) is 1. The molecule has 0 fully saturated rings. The monoisotopic (exact) mass is 253 g/mol. The normalized spacial score (nSPS) is 12.5. The second-order valence-electron chi connectivity index (χ2n) is 4.73. The van der Waals surface area contributed by atoms with Crippen LogP contribution >= 0.6 is 0 Å². The second kappa shape index (κ2) is 5.66. The van der Waals surface area contributed by atoms with Crippen molar-refractivity contribution in [3.63, 3.8) is 0 Å². The molecule has 1 heterocycles. The Morgan fingerprint density at radius 1 is 1.39 bits per heavy atom. The molecule has 1 aromatic heterocycles. The minimum absolute atomic E-state index is 0.0663. The number of nitrogens with zero attached hydrogens (tertiary/aromatic N) is 2. The van der Waals surface area contributed by atoms with Gasteiger partial charge in [-0.3, -0.25) is 19.1 Å². The molecule has 1 aromatic rings. The van der Waals surface area contributed by atoms with Crippen molar-refractivity contribution in [3.8, 4) is 0 Å². The van der Waals surface area contributed by atoms with E-state index in [0.717, 1.165) is 0 Å². The van der Waals surface area contributed by atoms with Crippen LogP contribution in [0.15, 0.2) is 21.9 Å². The molecule has 0 unspecified atom stereocenters. The van der Waals surface area contributed by atoms with Gasteiger partial charge in [0.05, 0.1) is 0 Å². The molecule has 0 bridgehead atoms. The molecule has 0 aliphatic carbocycles. The maximum atomic E-state index is 12.0. The fourth-order valence-corrected chi connectivity index (χ4v) is 1.50. The van der Waals surface area contributed by atoms with Crippen LogP contribution in [0, 0.1) is 5.92 Å². The number of hydrogen-bond acceptors (Lipinski definition) is 3. The smallest absolute Gasteiger partial charge is 0.328 e. The quantitative estimate of drug-likeness (QED) is 0.823. The molecule has 1 rings (SSSR count). The number of rotatable bonds is 4. The van der Waals surface area contributed by atoms with Crippen LogP contribution in [-0.4, -0.2) is 33.4 Å². The van der Waals surface area contributed by atoms with Crippen molar-refractivity contribution < 1.29 is 4.79 Å². The zero-order valence-electron chi connectivity index (χ0n) is 11.1. The maximum absolute atomic E-state index is 12.0. The number of likely N-dealkylation sites (N-methyl/N-ethyl adjacent to an activating group) is 1. The molecule has 1 amide bonds. The van der Waals surface area contributed by atoms with Crippen LogP contribution in [0.5, 0.6) is 0 Å². The number of H-pyrrole nitrogens is 1. The lowest BCUT2D eigenvalue weighted by Crippen LogP contribution is -2.42. The lowest BCUT2D eigenvalue weighted by Gasteiger charge is -2.28. The summed E-state index contributed by atoms with van der Waals surface area (Å²) in [4.78, 5) is 38.0. The Bertz CT molecular complexity index is 530. The number of amides is 1. The average Bonchev–Trinajstić information content (AvgIpc) is 2.30. The Kier molecular flexibility index (Phi) is 4.47. The van der Waals surface area contributed by atoms with Gasteiger partial charge in [0.1, 0.15) is 6.54 Å². The molecule has 1 atom stereocenters. The summed E-state index contributed by atoms with van der Waals surface area (Å²) in [6, 6.07) is 1.32. The maximum Gasteiger partial charge on any atom is 0.328 e. The molecular weight excluding hydrogens is 234 g/mol. The van der Waals surface area contributed by atoms with E-state index in [9.17, 15) is 14.4 Å². The minimum atomic E-state index is -0.568. The first-order valence-electron chi connectivity index (χ1n) is 5.88. The number of carbonyl (C=O) groups is 1. The average molecular weight is 253 g/mol. The molecular formula is C12H19N3O3. The van der Waals surface area contributed by atoms with Crippen LogP contribution in [0.4, 0.5) is 0 Å². The van der Waals surface area contributed by atoms with Crippen LogP contribution in [0.2, 0.25) is 0 Å². The second-order valence-corrected chi connectivity index (χ2v) is 4.73. The highest BCUT2D eigenvalue weighted by Gasteiger charge is 2.18. The van der Waals surface area contributed by atoms with Gasteiger partial charge in [-0.15, -0.1) is 0 Å². The van der Waals surface area contributed by atoms with Gasteiger partial charge in [0.15, 0.2) is 0 Å². The summed E-state index contributed by atoms with van der Waals surface area (Å²) in [7, 11) is 1.71. The molecule has 6 nitrogen and oxygen atoms in total. The number of aromatic nitrogens is 2. The van der Waals surface area contributed by atoms with Gasteiger partial charge >= 0.3 is 5.69 Å². The number of nitrogens with one attached hydrogen (secondary N) is 1.